The van der Waals surface area contributed by atoms with Gasteiger partial charge in [0.15, 0.2) is 0 Å². The third kappa shape index (κ3) is 6.32. The molecule has 0 aromatic heterocycles. The van der Waals surface area contributed by atoms with Gasteiger partial charge in [0, 0.05) is 25.5 Å². The highest BCUT2D eigenvalue weighted by atomic mass is 16.2. The lowest BCUT2D eigenvalue weighted by Gasteiger charge is -2.25. The molecule has 0 aliphatic heterocycles. The number of nitrogens with zero attached hydrogens (tertiary/aromatic N) is 1. The highest BCUT2D eigenvalue weighted by Gasteiger charge is 2.16. The Hall–Kier alpha value is -2.84. The van der Waals surface area contributed by atoms with Crippen LogP contribution in [0.4, 0.5) is 5.69 Å². The van der Waals surface area contributed by atoms with Gasteiger partial charge < -0.3 is 10.0 Å². The Labute approximate surface area is 189 Å². The van der Waals surface area contributed by atoms with Crippen molar-refractivity contribution in [3.63, 3.8) is 0 Å². The van der Waals surface area contributed by atoms with Gasteiger partial charge in [0.25, 0.3) is 0 Å². The van der Waals surface area contributed by atoms with E-state index in [-0.39, 0.29) is 5.41 Å². The van der Waals surface area contributed by atoms with Gasteiger partial charge in [0.05, 0.1) is 0 Å². The lowest BCUT2D eigenvalue weighted by atomic mass is 9.85. The minimum Gasteiger partial charge on any atom is -0.400 e. The lowest BCUT2D eigenvalue weighted by molar-refractivity contribution is 0.399. The second kappa shape index (κ2) is 11.5. The molecule has 0 amide bonds. The Morgan fingerprint density at radius 1 is 0.903 bits per heavy atom. The van der Waals surface area contributed by atoms with Crippen LogP contribution in [-0.2, 0) is 0 Å². The molecule has 0 fully saturated rings. The zero-order valence-electron chi connectivity index (χ0n) is 20.6. The van der Waals surface area contributed by atoms with Crippen LogP contribution >= 0.6 is 0 Å². The zero-order chi connectivity index (χ0) is 23.8. The van der Waals surface area contributed by atoms with Crippen LogP contribution in [0.2, 0.25) is 0 Å². The highest BCUT2D eigenvalue weighted by Crippen LogP contribution is 2.35. The van der Waals surface area contributed by atoms with Crippen LogP contribution < -0.4 is 4.90 Å². The monoisotopic (exact) mass is 417 g/mol. The van der Waals surface area contributed by atoms with E-state index in [2.05, 4.69) is 100 Å². The van der Waals surface area contributed by atoms with E-state index in [0.717, 1.165) is 18.5 Å². The van der Waals surface area contributed by atoms with Gasteiger partial charge in [-0.05, 0) is 75.4 Å². The summed E-state index contributed by atoms with van der Waals surface area (Å²) in [4.78, 5) is 2.16. The number of aliphatic hydroxyl groups is 1. The molecule has 2 nitrogen and oxygen atoms in total. The quantitative estimate of drug-likeness (QED) is 0.341. The van der Waals surface area contributed by atoms with Crippen molar-refractivity contribution in [3.05, 3.63) is 84.6 Å². The van der Waals surface area contributed by atoms with Gasteiger partial charge in [-0.2, -0.15) is 0 Å². The molecule has 0 heterocycles. The first-order valence-corrected chi connectivity index (χ1v) is 10.9. The largest absolute Gasteiger partial charge is 0.400 e. The maximum Gasteiger partial charge on any atom is 0.0485 e. The minimum absolute atomic E-state index is 0.0408. The number of allylic oxidation sites excluding steroid dienone is 3. The van der Waals surface area contributed by atoms with Crippen LogP contribution in [0.1, 0.15) is 47.1 Å². The standard InChI is InChI=1S/C26H29N.C2H6.CH4O/c1-8-24(26(4,5)6)16-23-15-21-13-19-11-9-10-12-20(19)14-22(21)17-25(23)27(7)18(2)3;2*1-2/h8-17H,1-2H2,3-7H3;1-2H3;2H,1H3/b24-16+;;. The van der Waals surface area contributed by atoms with Crippen molar-refractivity contribution in [1.82, 2.24) is 0 Å². The molecular formula is C29H39NO. The average Bonchev–Trinajstić information content (AvgIpc) is 2.76. The number of benzene rings is 3. The molecule has 0 unspecified atom stereocenters. The van der Waals surface area contributed by atoms with E-state index < -0.39 is 0 Å². The molecule has 0 atom stereocenters. The number of aliphatic hydroxyl groups excluding tert-OH is 1. The molecule has 31 heavy (non-hydrogen) atoms. The summed E-state index contributed by atoms with van der Waals surface area (Å²) in [6.07, 6.45) is 4.23. The van der Waals surface area contributed by atoms with Gasteiger partial charge in [-0.15, -0.1) is 0 Å². The fraction of sp³-hybridized carbons (Fsp3) is 0.310. The van der Waals surface area contributed by atoms with Gasteiger partial charge in [-0.25, -0.2) is 0 Å². The van der Waals surface area contributed by atoms with Crippen molar-refractivity contribution in [3.8, 4) is 0 Å². The van der Waals surface area contributed by atoms with Crippen LogP contribution in [0.3, 0.4) is 0 Å². The number of anilines is 1. The van der Waals surface area contributed by atoms with Crippen LogP contribution in [0.15, 0.2) is 79.0 Å². The molecule has 0 bridgehead atoms. The normalized spacial score (nSPS) is 11.2. The van der Waals surface area contributed by atoms with Crippen LogP contribution in [0, 0.1) is 5.41 Å². The molecule has 0 aliphatic carbocycles. The fourth-order valence-electron chi connectivity index (χ4n) is 3.36. The zero-order valence-corrected chi connectivity index (χ0v) is 20.6. The summed E-state index contributed by atoms with van der Waals surface area (Å²) in [7, 11) is 3.08. The maximum atomic E-state index is 7.00. The van der Waals surface area contributed by atoms with Gasteiger partial charge >= 0.3 is 0 Å². The van der Waals surface area contributed by atoms with Crippen LogP contribution in [0.5, 0.6) is 0 Å². The van der Waals surface area contributed by atoms with Crippen LogP contribution in [-0.4, -0.2) is 19.3 Å². The van der Waals surface area contributed by atoms with E-state index in [0.29, 0.717) is 0 Å². The van der Waals surface area contributed by atoms with Crippen molar-refractivity contribution in [2.45, 2.75) is 41.5 Å². The Balaban J connectivity index is 0.00000113. The van der Waals surface area contributed by atoms with Gasteiger partial charge in [-0.1, -0.05) is 78.1 Å². The van der Waals surface area contributed by atoms with E-state index in [4.69, 9.17) is 5.11 Å². The fourth-order valence-corrected chi connectivity index (χ4v) is 3.36. The smallest absolute Gasteiger partial charge is 0.0485 e. The van der Waals surface area contributed by atoms with Gasteiger partial charge in [0.1, 0.15) is 0 Å². The molecule has 0 aliphatic rings. The van der Waals surface area contributed by atoms with Crippen LogP contribution in [0.25, 0.3) is 27.6 Å². The average molecular weight is 418 g/mol. The summed E-state index contributed by atoms with van der Waals surface area (Å²) >= 11 is 0. The SMILES string of the molecule is C=C/C(=C\c1cc2cc3ccccc3cc2cc1N(C)C(=C)C)C(C)(C)C.CC.CO. The second-order valence-corrected chi connectivity index (χ2v) is 8.31. The lowest BCUT2D eigenvalue weighted by Crippen LogP contribution is -2.15. The first-order chi connectivity index (χ1) is 14.7. The molecule has 0 saturated carbocycles. The molecule has 2 heteroatoms. The Bertz CT molecular complexity index is 1070. The molecule has 3 rings (SSSR count). The Morgan fingerprint density at radius 2 is 1.39 bits per heavy atom. The molecule has 0 saturated heterocycles. The number of rotatable bonds is 4. The predicted molar refractivity (Wildman–Crippen MR) is 142 cm³/mol. The second-order valence-electron chi connectivity index (χ2n) is 8.31. The number of hydrogen-bond donors (Lipinski definition) is 1. The van der Waals surface area contributed by atoms with Crippen molar-refractivity contribution in [2.75, 3.05) is 19.1 Å². The Kier molecular flexibility index (Phi) is 9.74. The van der Waals surface area contributed by atoms with E-state index in [1.807, 2.05) is 26.8 Å². The van der Waals surface area contributed by atoms with Crippen molar-refractivity contribution < 1.29 is 5.11 Å². The topological polar surface area (TPSA) is 23.5 Å². The minimum atomic E-state index is 0.0408. The number of hydrogen-bond acceptors (Lipinski definition) is 2. The van der Waals surface area contributed by atoms with E-state index in [1.165, 1.54) is 32.7 Å². The van der Waals surface area contributed by atoms with Gasteiger partial charge in [-0.3, -0.25) is 0 Å². The predicted octanol–water partition coefficient (Wildman–Crippen LogP) is 8.21. The van der Waals surface area contributed by atoms with E-state index >= 15 is 0 Å². The molecule has 0 spiro atoms. The highest BCUT2D eigenvalue weighted by molar-refractivity contribution is 6.01. The third-order valence-electron chi connectivity index (χ3n) is 5.18. The molecular weight excluding hydrogens is 378 g/mol. The summed E-state index contributed by atoms with van der Waals surface area (Å²) in [5, 5.41) is 12.0. The van der Waals surface area contributed by atoms with Crippen molar-refractivity contribution >= 4 is 33.3 Å². The molecule has 3 aromatic rings. The first kappa shape index (κ1) is 26.2. The molecule has 1 N–H and O–H groups in total. The summed E-state index contributed by atoms with van der Waals surface area (Å²) in [5.41, 5.74) is 4.63. The first-order valence-electron chi connectivity index (χ1n) is 10.9. The summed E-state index contributed by atoms with van der Waals surface area (Å²) < 4.78 is 0. The van der Waals surface area contributed by atoms with E-state index in [1.54, 1.807) is 0 Å². The molecule has 166 valence electrons. The summed E-state index contributed by atoms with van der Waals surface area (Å²) in [5.74, 6) is 0. The number of fused-ring (bicyclic) bond motifs is 2. The van der Waals surface area contributed by atoms with E-state index in [9.17, 15) is 0 Å². The third-order valence-corrected chi connectivity index (χ3v) is 5.18. The summed E-state index contributed by atoms with van der Waals surface area (Å²) in [6, 6.07) is 17.6. The Morgan fingerprint density at radius 3 is 1.81 bits per heavy atom. The van der Waals surface area contributed by atoms with Gasteiger partial charge in [0.2, 0.25) is 0 Å². The van der Waals surface area contributed by atoms with Crippen molar-refractivity contribution in [1.29, 1.82) is 0 Å². The molecule has 3 aromatic carbocycles. The molecule has 0 radical (unpaired) electrons. The summed E-state index contributed by atoms with van der Waals surface area (Å²) in [6.45, 7) is 20.9. The maximum absolute atomic E-state index is 7.00. The van der Waals surface area contributed by atoms with Crippen molar-refractivity contribution in [2.24, 2.45) is 5.41 Å².